The van der Waals surface area contributed by atoms with Gasteiger partial charge >= 0.3 is 0 Å². The topological polar surface area (TPSA) is 55.1 Å². The summed E-state index contributed by atoms with van der Waals surface area (Å²) < 4.78 is 13.1. The molecule has 6 heteroatoms. The molecule has 1 atom stereocenters. The summed E-state index contributed by atoms with van der Waals surface area (Å²) in [5, 5.41) is 3.21. The zero-order valence-corrected chi connectivity index (χ0v) is 15.2. The minimum Gasteiger partial charge on any atom is -0.354 e. The highest BCUT2D eigenvalue weighted by Crippen LogP contribution is 2.30. The Morgan fingerprint density at radius 2 is 1.86 bits per heavy atom. The van der Waals surface area contributed by atoms with Crippen LogP contribution < -0.4 is 11.1 Å². The van der Waals surface area contributed by atoms with Gasteiger partial charge in [-0.25, -0.2) is 4.39 Å². The van der Waals surface area contributed by atoms with Gasteiger partial charge < -0.3 is 11.1 Å². The second kappa shape index (κ2) is 7.62. The molecule has 126 valence electrons. The first-order chi connectivity index (χ1) is 9.45. The van der Waals surface area contributed by atoms with Gasteiger partial charge in [0.15, 0.2) is 0 Å². The van der Waals surface area contributed by atoms with Crippen LogP contribution in [0.25, 0.3) is 0 Å². The second-order valence-electron chi connectivity index (χ2n) is 7.07. The van der Waals surface area contributed by atoms with Crippen LogP contribution >= 0.6 is 24.0 Å². The Kier molecular flexibility index (Phi) is 7.33. The highest BCUT2D eigenvalue weighted by atomic mass is 35.5. The van der Waals surface area contributed by atoms with E-state index in [0.717, 1.165) is 5.56 Å². The Morgan fingerprint density at radius 1 is 1.32 bits per heavy atom. The summed E-state index contributed by atoms with van der Waals surface area (Å²) >= 11 is 6.09. The fourth-order valence-electron chi connectivity index (χ4n) is 1.94. The van der Waals surface area contributed by atoms with Gasteiger partial charge in [0.25, 0.3) is 0 Å². The molecule has 0 radical (unpaired) electrons. The van der Waals surface area contributed by atoms with Crippen LogP contribution in [0.5, 0.6) is 0 Å². The number of benzene rings is 1. The lowest BCUT2D eigenvalue weighted by molar-refractivity contribution is -0.124. The quantitative estimate of drug-likeness (QED) is 0.870. The molecule has 0 spiro atoms. The summed E-state index contributed by atoms with van der Waals surface area (Å²) in [7, 11) is 0. The molecule has 0 aliphatic heterocycles. The van der Waals surface area contributed by atoms with Gasteiger partial charge in [0, 0.05) is 17.0 Å². The molecule has 0 saturated heterocycles. The van der Waals surface area contributed by atoms with Crippen molar-refractivity contribution in [2.75, 3.05) is 6.54 Å². The predicted molar refractivity (Wildman–Crippen MR) is 92.1 cm³/mol. The highest BCUT2D eigenvalue weighted by molar-refractivity contribution is 6.31. The van der Waals surface area contributed by atoms with Gasteiger partial charge in [-0.15, -0.1) is 12.4 Å². The Morgan fingerprint density at radius 3 is 2.32 bits per heavy atom. The molecule has 1 amide bonds. The number of carbonyl (C=O) groups excluding carboxylic acids is 1. The summed E-state index contributed by atoms with van der Waals surface area (Å²) in [6.07, 6.45) is 0. The van der Waals surface area contributed by atoms with Gasteiger partial charge in [0.1, 0.15) is 5.82 Å². The molecular weight excluding hydrogens is 326 g/mol. The van der Waals surface area contributed by atoms with Crippen LogP contribution in [-0.4, -0.2) is 18.5 Å². The second-order valence-corrected chi connectivity index (χ2v) is 7.48. The van der Waals surface area contributed by atoms with Crippen molar-refractivity contribution in [3.8, 4) is 0 Å². The third kappa shape index (κ3) is 5.41. The molecule has 0 bridgehead atoms. The van der Waals surface area contributed by atoms with Crippen LogP contribution in [0.2, 0.25) is 5.02 Å². The number of nitrogens with one attached hydrogen (secondary N) is 1. The third-order valence-corrected chi connectivity index (χ3v) is 3.89. The first-order valence-corrected chi connectivity index (χ1v) is 7.32. The molecule has 0 saturated carbocycles. The maximum atomic E-state index is 13.1. The van der Waals surface area contributed by atoms with Gasteiger partial charge in [0.2, 0.25) is 5.91 Å². The van der Waals surface area contributed by atoms with Crippen LogP contribution in [0.4, 0.5) is 4.39 Å². The van der Waals surface area contributed by atoms with Crippen LogP contribution in [-0.2, 0) is 10.2 Å². The van der Waals surface area contributed by atoms with Crippen molar-refractivity contribution in [3.05, 3.63) is 34.6 Å². The smallest absolute Gasteiger partial charge is 0.237 e. The number of amides is 1. The molecule has 3 nitrogen and oxygen atoms in total. The van der Waals surface area contributed by atoms with Crippen molar-refractivity contribution in [2.45, 2.75) is 46.1 Å². The molecule has 0 heterocycles. The van der Waals surface area contributed by atoms with E-state index < -0.39 is 11.5 Å². The Labute approximate surface area is 143 Å². The van der Waals surface area contributed by atoms with Crippen molar-refractivity contribution in [3.63, 3.8) is 0 Å². The molecular formula is C16H25Cl2FN2O. The molecule has 22 heavy (non-hydrogen) atoms. The predicted octanol–water partition coefficient (Wildman–Crippen LogP) is 3.67. The molecule has 0 aliphatic carbocycles. The van der Waals surface area contributed by atoms with Crippen LogP contribution in [0.15, 0.2) is 18.2 Å². The molecule has 1 rings (SSSR count). The number of halogens is 3. The van der Waals surface area contributed by atoms with Gasteiger partial charge in [-0.1, -0.05) is 52.3 Å². The molecule has 3 N–H and O–H groups in total. The van der Waals surface area contributed by atoms with Gasteiger partial charge in [-0.3, -0.25) is 4.79 Å². The van der Waals surface area contributed by atoms with Crippen molar-refractivity contribution in [1.82, 2.24) is 5.32 Å². The fraction of sp³-hybridized carbons (Fsp3) is 0.562. The molecule has 0 unspecified atom stereocenters. The number of rotatable bonds is 4. The number of hydrogen-bond donors (Lipinski definition) is 2. The summed E-state index contributed by atoms with van der Waals surface area (Å²) in [6, 6.07) is 3.71. The van der Waals surface area contributed by atoms with E-state index in [4.69, 9.17) is 17.3 Å². The van der Waals surface area contributed by atoms with Crippen molar-refractivity contribution in [1.29, 1.82) is 0 Å². The van der Waals surface area contributed by atoms with Crippen molar-refractivity contribution >= 4 is 29.9 Å². The zero-order valence-electron chi connectivity index (χ0n) is 13.7. The normalized spacial score (nSPS) is 13.3. The highest BCUT2D eigenvalue weighted by Gasteiger charge is 2.30. The van der Waals surface area contributed by atoms with E-state index in [1.165, 1.54) is 12.1 Å². The van der Waals surface area contributed by atoms with E-state index in [0.29, 0.717) is 11.6 Å². The minimum absolute atomic E-state index is 0. The minimum atomic E-state index is -0.586. The zero-order chi connectivity index (χ0) is 16.4. The summed E-state index contributed by atoms with van der Waals surface area (Å²) in [4.78, 5) is 12.1. The van der Waals surface area contributed by atoms with Crippen LogP contribution in [0.3, 0.4) is 0 Å². The van der Waals surface area contributed by atoms with E-state index in [2.05, 4.69) is 5.32 Å². The molecule has 0 aromatic heterocycles. The lowest BCUT2D eigenvalue weighted by atomic mass is 9.83. The summed E-state index contributed by atoms with van der Waals surface area (Å²) in [5.74, 6) is -0.577. The number of carbonyl (C=O) groups is 1. The van der Waals surface area contributed by atoms with E-state index in [9.17, 15) is 9.18 Å². The van der Waals surface area contributed by atoms with Crippen LogP contribution in [0.1, 0.15) is 40.2 Å². The van der Waals surface area contributed by atoms with E-state index in [1.54, 1.807) is 6.07 Å². The first kappa shape index (κ1) is 21.2. The molecule has 0 fully saturated rings. The first-order valence-electron chi connectivity index (χ1n) is 6.94. The van der Waals surface area contributed by atoms with Crippen molar-refractivity contribution in [2.24, 2.45) is 11.1 Å². The molecule has 1 aromatic carbocycles. The van der Waals surface area contributed by atoms with Crippen LogP contribution in [0, 0.1) is 11.2 Å². The maximum absolute atomic E-state index is 13.1. The monoisotopic (exact) mass is 350 g/mol. The lowest BCUT2D eigenvalue weighted by Crippen LogP contribution is -2.50. The van der Waals surface area contributed by atoms with Crippen molar-refractivity contribution < 1.29 is 9.18 Å². The lowest BCUT2D eigenvalue weighted by Gasteiger charge is -2.30. The Bertz CT molecular complexity index is 527. The van der Waals surface area contributed by atoms with E-state index in [-0.39, 0.29) is 29.5 Å². The third-order valence-electron chi connectivity index (χ3n) is 3.58. The number of nitrogens with two attached hydrogens (primary N) is 1. The maximum Gasteiger partial charge on any atom is 0.237 e. The largest absolute Gasteiger partial charge is 0.354 e. The van der Waals surface area contributed by atoms with Gasteiger partial charge in [-0.05, 0) is 23.1 Å². The van der Waals surface area contributed by atoms with E-state index >= 15 is 0 Å². The Balaban J connectivity index is 0.00000441. The number of hydrogen-bond acceptors (Lipinski definition) is 2. The SMILES string of the molecule is CC(C)(CNC(=O)[C@@H](N)C(C)(C)C)c1ccc(F)cc1Cl.Cl. The molecule has 1 aromatic rings. The fourth-order valence-corrected chi connectivity index (χ4v) is 2.37. The summed E-state index contributed by atoms with van der Waals surface area (Å²) in [5.41, 5.74) is 5.99. The van der Waals surface area contributed by atoms with Gasteiger partial charge in [-0.2, -0.15) is 0 Å². The Hall–Kier alpha value is -0.840. The van der Waals surface area contributed by atoms with E-state index in [1.807, 2.05) is 34.6 Å². The molecule has 0 aliphatic rings. The standard InChI is InChI=1S/C16H24ClFN2O.ClH/c1-15(2,3)13(19)14(21)20-9-16(4,5)11-7-6-10(18)8-12(11)17;/h6-8,13H,9,19H2,1-5H3,(H,20,21);1H/t13-;/m1./s1. The summed E-state index contributed by atoms with van der Waals surface area (Å²) in [6.45, 7) is 10.0. The average molecular weight is 351 g/mol. The van der Waals surface area contributed by atoms with Gasteiger partial charge in [0.05, 0.1) is 6.04 Å². The average Bonchev–Trinajstić information content (AvgIpc) is 2.33.